The maximum atomic E-state index is 12.1. The molecule has 0 aliphatic carbocycles. The van der Waals surface area contributed by atoms with Gasteiger partial charge in [0.05, 0.1) is 18.6 Å². The second-order valence-corrected chi connectivity index (χ2v) is 6.15. The zero-order valence-corrected chi connectivity index (χ0v) is 13.9. The molecular formula is C18H20O3S. The van der Waals surface area contributed by atoms with Crippen molar-refractivity contribution in [2.45, 2.75) is 20.3 Å². The Labute approximate surface area is 135 Å². The van der Waals surface area contributed by atoms with Crippen molar-refractivity contribution in [2.75, 3.05) is 13.7 Å². The van der Waals surface area contributed by atoms with Gasteiger partial charge in [-0.15, -0.1) is 11.3 Å². The van der Waals surface area contributed by atoms with Crippen LogP contribution in [0.5, 0.6) is 11.5 Å². The molecule has 0 radical (unpaired) electrons. The molecule has 0 amide bonds. The summed E-state index contributed by atoms with van der Waals surface area (Å²) in [5.74, 6) is 1.42. The van der Waals surface area contributed by atoms with Gasteiger partial charge < -0.3 is 9.47 Å². The quantitative estimate of drug-likeness (QED) is 0.546. The van der Waals surface area contributed by atoms with E-state index in [2.05, 4.69) is 6.92 Å². The van der Waals surface area contributed by atoms with Crippen LogP contribution in [-0.4, -0.2) is 19.5 Å². The molecule has 0 fully saturated rings. The highest BCUT2D eigenvalue weighted by molar-refractivity contribution is 7.14. The van der Waals surface area contributed by atoms with Gasteiger partial charge in [0, 0.05) is 4.88 Å². The van der Waals surface area contributed by atoms with E-state index in [0.717, 1.165) is 27.5 Å². The highest BCUT2D eigenvalue weighted by Gasteiger charge is 2.06. The van der Waals surface area contributed by atoms with Gasteiger partial charge in [-0.05, 0) is 49.2 Å². The first-order valence-electron chi connectivity index (χ1n) is 7.23. The van der Waals surface area contributed by atoms with Crippen molar-refractivity contribution >= 4 is 23.2 Å². The number of hydrogen-bond acceptors (Lipinski definition) is 4. The molecule has 0 unspecified atom stereocenters. The molecular weight excluding hydrogens is 296 g/mol. The molecule has 0 bridgehead atoms. The first-order chi connectivity index (χ1) is 10.6. The Kier molecular flexibility index (Phi) is 5.78. The third-order valence-corrected chi connectivity index (χ3v) is 4.07. The number of carbonyl (C=O) groups is 1. The van der Waals surface area contributed by atoms with Crippen molar-refractivity contribution in [3.8, 4) is 11.5 Å². The van der Waals surface area contributed by atoms with Crippen LogP contribution in [0, 0.1) is 6.92 Å². The number of aryl methyl sites for hydroxylation is 1. The third kappa shape index (κ3) is 4.21. The minimum Gasteiger partial charge on any atom is -0.493 e. The summed E-state index contributed by atoms with van der Waals surface area (Å²) < 4.78 is 11.0. The molecule has 4 heteroatoms. The predicted molar refractivity (Wildman–Crippen MR) is 91.2 cm³/mol. The predicted octanol–water partition coefficient (Wildman–Crippen LogP) is 4.75. The van der Waals surface area contributed by atoms with Crippen molar-refractivity contribution < 1.29 is 14.3 Å². The van der Waals surface area contributed by atoms with Crippen LogP contribution in [0.2, 0.25) is 0 Å². The summed E-state index contributed by atoms with van der Waals surface area (Å²) in [5, 5.41) is 0. The number of thiophene rings is 1. The van der Waals surface area contributed by atoms with Gasteiger partial charge >= 0.3 is 0 Å². The number of benzene rings is 1. The lowest BCUT2D eigenvalue weighted by Crippen LogP contribution is -1.97. The van der Waals surface area contributed by atoms with Gasteiger partial charge in [0.1, 0.15) is 0 Å². The minimum atomic E-state index is 0.0170. The fraction of sp³-hybridized carbons (Fsp3) is 0.278. The average Bonchev–Trinajstić information content (AvgIpc) is 2.97. The summed E-state index contributed by atoms with van der Waals surface area (Å²) in [4.78, 5) is 14.0. The number of rotatable bonds is 7. The monoisotopic (exact) mass is 316 g/mol. The largest absolute Gasteiger partial charge is 0.493 e. The Morgan fingerprint density at radius 1 is 1.23 bits per heavy atom. The number of hydrogen-bond donors (Lipinski definition) is 0. The van der Waals surface area contributed by atoms with Gasteiger partial charge in [0.15, 0.2) is 17.3 Å². The SMILES string of the molecule is CCCOc1ccc(/C=C/C(=O)c2ccc(C)s2)cc1OC. The van der Waals surface area contributed by atoms with E-state index in [4.69, 9.17) is 9.47 Å². The second kappa shape index (κ2) is 7.80. The first kappa shape index (κ1) is 16.3. The summed E-state index contributed by atoms with van der Waals surface area (Å²) in [7, 11) is 1.61. The van der Waals surface area contributed by atoms with Gasteiger partial charge in [0.25, 0.3) is 0 Å². The minimum absolute atomic E-state index is 0.0170. The lowest BCUT2D eigenvalue weighted by molar-refractivity contribution is 0.105. The average molecular weight is 316 g/mol. The van der Waals surface area contributed by atoms with E-state index in [1.165, 1.54) is 11.3 Å². The Bertz CT molecular complexity index is 671. The van der Waals surface area contributed by atoms with Gasteiger partial charge in [0.2, 0.25) is 0 Å². The van der Waals surface area contributed by atoms with Crippen molar-refractivity contribution in [3.05, 3.63) is 51.7 Å². The van der Waals surface area contributed by atoms with Crippen LogP contribution in [0.15, 0.2) is 36.4 Å². The van der Waals surface area contributed by atoms with Crippen LogP contribution in [0.4, 0.5) is 0 Å². The van der Waals surface area contributed by atoms with Crippen LogP contribution in [-0.2, 0) is 0 Å². The highest BCUT2D eigenvalue weighted by Crippen LogP contribution is 2.28. The van der Waals surface area contributed by atoms with E-state index in [9.17, 15) is 4.79 Å². The molecule has 0 N–H and O–H groups in total. The lowest BCUT2D eigenvalue weighted by atomic mass is 10.1. The molecule has 1 aromatic heterocycles. The van der Waals surface area contributed by atoms with Gasteiger partial charge in [-0.25, -0.2) is 0 Å². The molecule has 2 aromatic rings. The summed E-state index contributed by atoms with van der Waals surface area (Å²) in [6.45, 7) is 4.70. The molecule has 1 heterocycles. The van der Waals surface area contributed by atoms with E-state index >= 15 is 0 Å². The molecule has 3 nitrogen and oxygen atoms in total. The topological polar surface area (TPSA) is 35.5 Å². The van der Waals surface area contributed by atoms with Crippen LogP contribution in [0.25, 0.3) is 6.08 Å². The lowest BCUT2D eigenvalue weighted by Gasteiger charge is -2.10. The molecule has 0 aliphatic rings. The van der Waals surface area contributed by atoms with E-state index in [1.807, 2.05) is 37.3 Å². The standard InChI is InChI=1S/C18H20O3S/c1-4-11-21-16-9-7-14(12-17(16)20-3)6-8-15(19)18-10-5-13(2)22-18/h5-10,12H,4,11H2,1-3H3/b8-6+. The normalized spacial score (nSPS) is 10.9. The number of ether oxygens (including phenoxy) is 2. The Morgan fingerprint density at radius 3 is 2.68 bits per heavy atom. The molecule has 0 atom stereocenters. The summed E-state index contributed by atoms with van der Waals surface area (Å²) in [6, 6.07) is 9.46. The first-order valence-corrected chi connectivity index (χ1v) is 8.05. The number of carbonyl (C=O) groups excluding carboxylic acids is 1. The molecule has 0 saturated carbocycles. The number of methoxy groups -OCH3 is 1. The Balaban J connectivity index is 2.12. The van der Waals surface area contributed by atoms with E-state index < -0.39 is 0 Å². The Hall–Kier alpha value is -2.07. The zero-order valence-electron chi connectivity index (χ0n) is 13.1. The number of allylic oxidation sites excluding steroid dienone is 1. The second-order valence-electron chi connectivity index (χ2n) is 4.87. The molecule has 1 aromatic carbocycles. The maximum Gasteiger partial charge on any atom is 0.195 e. The van der Waals surface area contributed by atoms with E-state index in [0.29, 0.717) is 12.4 Å². The molecule has 2 rings (SSSR count). The van der Waals surface area contributed by atoms with Gasteiger partial charge in [-0.3, -0.25) is 4.79 Å². The fourth-order valence-electron chi connectivity index (χ4n) is 1.94. The van der Waals surface area contributed by atoms with Crippen LogP contribution < -0.4 is 9.47 Å². The molecule has 22 heavy (non-hydrogen) atoms. The van der Waals surface area contributed by atoms with Crippen LogP contribution in [0.1, 0.15) is 33.5 Å². The van der Waals surface area contributed by atoms with E-state index in [1.54, 1.807) is 19.3 Å². The molecule has 0 saturated heterocycles. The summed E-state index contributed by atoms with van der Waals surface area (Å²) in [5.41, 5.74) is 0.905. The van der Waals surface area contributed by atoms with E-state index in [-0.39, 0.29) is 5.78 Å². The van der Waals surface area contributed by atoms with Crippen LogP contribution >= 0.6 is 11.3 Å². The molecule has 0 aliphatic heterocycles. The van der Waals surface area contributed by atoms with Crippen molar-refractivity contribution in [1.29, 1.82) is 0 Å². The summed E-state index contributed by atoms with van der Waals surface area (Å²) in [6.07, 6.45) is 4.33. The zero-order chi connectivity index (χ0) is 15.9. The number of ketones is 1. The molecule has 116 valence electrons. The summed E-state index contributed by atoms with van der Waals surface area (Å²) >= 11 is 1.50. The van der Waals surface area contributed by atoms with Crippen molar-refractivity contribution in [2.24, 2.45) is 0 Å². The highest BCUT2D eigenvalue weighted by atomic mass is 32.1. The smallest absolute Gasteiger partial charge is 0.195 e. The van der Waals surface area contributed by atoms with Gasteiger partial charge in [-0.1, -0.05) is 19.1 Å². The van der Waals surface area contributed by atoms with Crippen molar-refractivity contribution in [1.82, 2.24) is 0 Å². The maximum absolute atomic E-state index is 12.1. The fourth-order valence-corrected chi connectivity index (χ4v) is 2.73. The molecule has 0 spiro atoms. The van der Waals surface area contributed by atoms with Gasteiger partial charge in [-0.2, -0.15) is 0 Å². The third-order valence-electron chi connectivity index (χ3n) is 3.06. The van der Waals surface area contributed by atoms with Crippen molar-refractivity contribution in [3.63, 3.8) is 0 Å². The Morgan fingerprint density at radius 2 is 2.05 bits per heavy atom. The van der Waals surface area contributed by atoms with Crippen LogP contribution in [0.3, 0.4) is 0 Å².